The molecule has 0 N–H and O–H groups in total. The zero-order chi connectivity index (χ0) is 29.0. The third-order valence-electron chi connectivity index (χ3n) is 8.59. The quantitative estimate of drug-likeness (QED) is 0.214. The fraction of sp³-hybridized carbons (Fsp3) is 0. The van der Waals surface area contributed by atoms with Crippen LogP contribution in [0.1, 0.15) is 0 Å². The molecule has 0 aliphatic heterocycles. The van der Waals surface area contributed by atoms with Gasteiger partial charge in [0.05, 0.1) is 16.6 Å². The summed E-state index contributed by atoms with van der Waals surface area (Å²) < 4.78 is 4.53. The molecule has 4 heteroatoms. The van der Waals surface area contributed by atoms with Crippen LogP contribution in [-0.4, -0.2) is 19.1 Å². The molecule has 0 aliphatic rings. The van der Waals surface area contributed by atoms with Crippen LogP contribution >= 0.6 is 0 Å². The van der Waals surface area contributed by atoms with Gasteiger partial charge < -0.3 is 0 Å². The minimum absolute atomic E-state index is 0.892. The predicted octanol–water partition coefficient (Wildman–Crippen LogP) is 10.0. The third-order valence-corrected chi connectivity index (χ3v) is 8.59. The number of benzene rings is 5. The van der Waals surface area contributed by atoms with Gasteiger partial charge in [-0.1, -0.05) is 103 Å². The smallest absolute Gasteiger partial charge is 0.149 e. The van der Waals surface area contributed by atoms with Crippen molar-refractivity contribution in [2.24, 2.45) is 0 Å². The summed E-state index contributed by atoms with van der Waals surface area (Å²) >= 11 is 0. The molecule has 206 valence electrons. The minimum Gasteiger partial charge on any atom is -0.294 e. The molecular weight excluding hydrogens is 536 g/mol. The fourth-order valence-corrected chi connectivity index (χ4v) is 6.51. The van der Waals surface area contributed by atoms with Crippen LogP contribution in [0.5, 0.6) is 0 Å². The zero-order valence-corrected chi connectivity index (χ0v) is 23.8. The molecule has 0 atom stereocenters. The average Bonchev–Trinajstić information content (AvgIpc) is 3.60. The van der Waals surface area contributed by atoms with Gasteiger partial charge in [0.25, 0.3) is 0 Å². The van der Waals surface area contributed by atoms with Crippen molar-refractivity contribution in [3.8, 4) is 33.6 Å². The molecule has 0 unspecified atom stereocenters. The first-order valence-electron chi connectivity index (χ1n) is 14.8. The Morgan fingerprint density at radius 1 is 0.386 bits per heavy atom. The van der Waals surface area contributed by atoms with E-state index in [0.29, 0.717) is 0 Å². The lowest BCUT2D eigenvalue weighted by molar-refractivity contribution is 1.11. The maximum atomic E-state index is 5.45. The van der Waals surface area contributed by atoms with Gasteiger partial charge >= 0.3 is 0 Å². The third kappa shape index (κ3) is 3.78. The monoisotopic (exact) mass is 562 g/mol. The van der Waals surface area contributed by atoms with Crippen molar-refractivity contribution in [2.75, 3.05) is 0 Å². The predicted molar refractivity (Wildman–Crippen MR) is 182 cm³/mol. The molecule has 0 saturated heterocycles. The van der Waals surface area contributed by atoms with Crippen LogP contribution in [0.4, 0.5) is 0 Å². The van der Waals surface area contributed by atoms with Crippen molar-refractivity contribution in [1.29, 1.82) is 0 Å². The molecule has 5 aromatic carbocycles. The van der Waals surface area contributed by atoms with Gasteiger partial charge in [-0.3, -0.25) is 14.1 Å². The molecule has 0 aliphatic carbocycles. The molecule has 0 fully saturated rings. The number of fused-ring (bicyclic) bond motifs is 6. The van der Waals surface area contributed by atoms with Crippen LogP contribution in [-0.2, 0) is 0 Å². The maximum absolute atomic E-state index is 5.45. The Hall–Kier alpha value is -6.00. The average molecular weight is 563 g/mol. The van der Waals surface area contributed by atoms with E-state index in [1.807, 2.05) is 18.3 Å². The van der Waals surface area contributed by atoms with Gasteiger partial charge in [0, 0.05) is 33.7 Å². The molecule has 4 aromatic heterocycles. The van der Waals surface area contributed by atoms with Gasteiger partial charge in [0.2, 0.25) is 0 Å². The highest BCUT2D eigenvalue weighted by Gasteiger charge is 2.20. The van der Waals surface area contributed by atoms with Crippen LogP contribution in [0.15, 0.2) is 158 Å². The number of aromatic nitrogens is 4. The van der Waals surface area contributed by atoms with E-state index >= 15 is 0 Å². The standard InChI is InChI=1S/C40H26N4/c1-3-10-27(11-4-1)29-17-21-31(22-18-29)43-36-15-8-7-14-33(36)34-26-35-38-37(16-9-25-41-38)44(40(35)42-39(34)43)32-23-19-30(20-24-32)28-12-5-2-6-13-28/h1-26H. The molecule has 0 spiro atoms. The molecule has 0 radical (unpaired) electrons. The second-order valence-corrected chi connectivity index (χ2v) is 11.1. The summed E-state index contributed by atoms with van der Waals surface area (Å²) in [5.74, 6) is 0. The van der Waals surface area contributed by atoms with Crippen molar-refractivity contribution in [2.45, 2.75) is 0 Å². The van der Waals surface area contributed by atoms with Gasteiger partial charge in [0.15, 0.2) is 0 Å². The number of hydrogen-bond acceptors (Lipinski definition) is 2. The minimum atomic E-state index is 0.892. The normalized spacial score (nSPS) is 11.6. The van der Waals surface area contributed by atoms with Crippen molar-refractivity contribution < 1.29 is 0 Å². The van der Waals surface area contributed by atoms with E-state index in [1.165, 1.54) is 27.6 Å². The first-order valence-corrected chi connectivity index (χ1v) is 14.8. The van der Waals surface area contributed by atoms with E-state index in [-0.39, 0.29) is 0 Å². The van der Waals surface area contributed by atoms with Crippen LogP contribution in [0.2, 0.25) is 0 Å². The molecule has 4 nitrogen and oxygen atoms in total. The Kier molecular flexibility index (Phi) is 5.47. The van der Waals surface area contributed by atoms with Crippen molar-refractivity contribution >= 4 is 44.0 Å². The SMILES string of the molecule is c1ccc(-c2ccc(-n3c4ccccc4c4cc5c6ncccc6n(-c6ccc(-c7ccccc7)cc6)c5nc43)cc2)cc1. The van der Waals surface area contributed by atoms with E-state index in [4.69, 9.17) is 9.97 Å². The Bertz CT molecular complexity index is 2280. The summed E-state index contributed by atoms with van der Waals surface area (Å²) in [5, 5.41) is 3.33. The molecule has 9 aromatic rings. The number of hydrogen-bond donors (Lipinski definition) is 0. The molecular formula is C40H26N4. The van der Waals surface area contributed by atoms with Gasteiger partial charge in [-0.2, -0.15) is 0 Å². The largest absolute Gasteiger partial charge is 0.294 e. The Labute approximate surface area is 254 Å². The van der Waals surface area contributed by atoms with E-state index in [9.17, 15) is 0 Å². The van der Waals surface area contributed by atoms with E-state index in [0.717, 1.165) is 50.0 Å². The summed E-state index contributed by atoms with van der Waals surface area (Å²) in [7, 11) is 0. The lowest BCUT2D eigenvalue weighted by Gasteiger charge is -2.10. The summed E-state index contributed by atoms with van der Waals surface area (Å²) in [4.78, 5) is 10.3. The van der Waals surface area contributed by atoms with E-state index in [2.05, 4.69) is 149 Å². The van der Waals surface area contributed by atoms with Gasteiger partial charge in [-0.15, -0.1) is 0 Å². The van der Waals surface area contributed by atoms with Crippen LogP contribution in [0.3, 0.4) is 0 Å². The van der Waals surface area contributed by atoms with Gasteiger partial charge in [-0.05, 0) is 70.8 Å². The first kappa shape index (κ1) is 24.6. The van der Waals surface area contributed by atoms with Gasteiger partial charge in [0.1, 0.15) is 11.3 Å². The topological polar surface area (TPSA) is 35.6 Å². The summed E-state index contributed by atoms with van der Waals surface area (Å²) in [5.41, 5.74) is 11.9. The highest BCUT2D eigenvalue weighted by Crippen LogP contribution is 2.37. The number of nitrogens with zero attached hydrogens (tertiary/aromatic N) is 4. The second-order valence-electron chi connectivity index (χ2n) is 11.1. The molecule has 0 saturated carbocycles. The van der Waals surface area contributed by atoms with Gasteiger partial charge in [-0.25, -0.2) is 4.98 Å². The second kappa shape index (κ2) is 9.79. The summed E-state index contributed by atoms with van der Waals surface area (Å²) in [6.45, 7) is 0. The molecule has 4 heterocycles. The lowest BCUT2D eigenvalue weighted by Crippen LogP contribution is -1.99. The maximum Gasteiger partial charge on any atom is 0.149 e. The molecule has 9 rings (SSSR count). The number of pyridine rings is 2. The van der Waals surface area contributed by atoms with Crippen molar-refractivity contribution in [1.82, 2.24) is 19.1 Å². The highest BCUT2D eigenvalue weighted by molar-refractivity contribution is 6.15. The van der Waals surface area contributed by atoms with Crippen molar-refractivity contribution in [3.63, 3.8) is 0 Å². The van der Waals surface area contributed by atoms with Crippen molar-refractivity contribution in [3.05, 3.63) is 158 Å². The molecule has 0 amide bonds. The van der Waals surface area contributed by atoms with Crippen LogP contribution in [0.25, 0.3) is 77.6 Å². The summed E-state index contributed by atoms with van der Waals surface area (Å²) in [6.07, 6.45) is 1.87. The lowest BCUT2D eigenvalue weighted by atomic mass is 10.1. The Morgan fingerprint density at radius 2 is 0.886 bits per heavy atom. The fourth-order valence-electron chi connectivity index (χ4n) is 6.51. The van der Waals surface area contributed by atoms with E-state index in [1.54, 1.807) is 0 Å². The molecule has 44 heavy (non-hydrogen) atoms. The number of para-hydroxylation sites is 1. The Morgan fingerprint density at radius 3 is 1.52 bits per heavy atom. The Balaban J connectivity index is 1.29. The highest BCUT2D eigenvalue weighted by atomic mass is 15.1. The summed E-state index contributed by atoms with van der Waals surface area (Å²) in [6, 6.07) is 53.5. The number of rotatable bonds is 4. The zero-order valence-electron chi connectivity index (χ0n) is 23.8. The van der Waals surface area contributed by atoms with Crippen LogP contribution < -0.4 is 0 Å². The van der Waals surface area contributed by atoms with E-state index < -0.39 is 0 Å². The molecule has 0 bridgehead atoms. The first-order chi connectivity index (χ1) is 21.8. The van der Waals surface area contributed by atoms with Crippen LogP contribution in [0, 0.1) is 0 Å².